The summed E-state index contributed by atoms with van der Waals surface area (Å²) in [5.41, 5.74) is 0.111. The maximum atomic E-state index is 12.4. The summed E-state index contributed by atoms with van der Waals surface area (Å²) in [6.07, 6.45) is 0. The van der Waals surface area contributed by atoms with Crippen LogP contribution < -0.4 is 14.2 Å². The minimum atomic E-state index is -3.83. The van der Waals surface area contributed by atoms with Crippen LogP contribution in [0, 0.1) is 5.39 Å². The lowest BCUT2D eigenvalue weighted by atomic mass is 10.2. The van der Waals surface area contributed by atoms with E-state index in [2.05, 4.69) is 9.70 Å². The number of anilines is 1. The van der Waals surface area contributed by atoms with E-state index in [1.807, 2.05) is 0 Å². The first kappa shape index (κ1) is 15.6. The van der Waals surface area contributed by atoms with Crippen LogP contribution >= 0.6 is 0 Å². The fraction of sp³-hybridized carbons (Fsp3) is 0.143. The van der Waals surface area contributed by atoms with Gasteiger partial charge in [0.25, 0.3) is 10.0 Å². The highest BCUT2D eigenvalue weighted by molar-refractivity contribution is 7.92. The minimum absolute atomic E-state index is 0.00193. The van der Waals surface area contributed by atoms with Crippen molar-refractivity contribution in [3.05, 3.63) is 47.4 Å². The molecule has 0 spiro atoms. The molecule has 114 valence electrons. The number of nitrogens with zero attached hydrogens (tertiary/aromatic N) is 2. The van der Waals surface area contributed by atoms with Crippen LogP contribution in [0.3, 0.4) is 0 Å². The molecule has 0 bridgehead atoms. The molecule has 7 nitrogen and oxygen atoms in total. The average Bonchev–Trinajstić information content (AvgIpc) is 2.54. The molecule has 2 aromatic carbocycles. The summed E-state index contributed by atoms with van der Waals surface area (Å²) >= 11 is 0. The van der Waals surface area contributed by atoms with Gasteiger partial charge in [-0.3, -0.25) is 4.72 Å². The van der Waals surface area contributed by atoms with Gasteiger partial charge in [-0.05, 0) is 36.4 Å². The lowest BCUT2D eigenvalue weighted by Gasteiger charge is -2.08. The van der Waals surface area contributed by atoms with E-state index < -0.39 is 10.0 Å². The van der Waals surface area contributed by atoms with Gasteiger partial charge >= 0.3 is 5.69 Å². The van der Waals surface area contributed by atoms with Gasteiger partial charge in [-0.25, -0.2) is 8.42 Å². The van der Waals surface area contributed by atoms with Gasteiger partial charge < -0.3 is 9.47 Å². The van der Waals surface area contributed by atoms with Crippen molar-refractivity contribution in [1.82, 2.24) is 0 Å². The van der Waals surface area contributed by atoms with Crippen LogP contribution in [0.4, 0.5) is 11.4 Å². The van der Waals surface area contributed by atoms with E-state index in [1.54, 1.807) is 12.1 Å². The molecule has 0 radical (unpaired) electrons. The lowest BCUT2D eigenvalue weighted by Crippen LogP contribution is -2.13. The Bertz CT molecular complexity index is 811. The SMILES string of the molecule is COc1ccc(S(=O)(=O)Nc2cccc(OC)c2[N+]#N)cc1. The van der Waals surface area contributed by atoms with Crippen molar-refractivity contribution in [1.29, 1.82) is 5.39 Å². The van der Waals surface area contributed by atoms with E-state index in [9.17, 15) is 8.42 Å². The highest BCUT2D eigenvalue weighted by Gasteiger charge is 2.25. The largest absolute Gasteiger partial charge is 0.497 e. The number of hydrogen-bond donors (Lipinski definition) is 1. The molecule has 0 aliphatic heterocycles. The molecule has 0 atom stereocenters. The van der Waals surface area contributed by atoms with Gasteiger partial charge in [0, 0.05) is 0 Å². The molecular formula is C14H14N3O4S+. The summed E-state index contributed by atoms with van der Waals surface area (Å²) in [5.74, 6) is 0.795. The van der Waals surface area contributed by atoms with Crippen LogP contribution in [0.25, 0.3) is 4.98 Å². The van der Waals surface area contributed by atoms with Gasteiger partial charge in [-0.1, -0.05) is 6.07 Å². The average molecular weight is 320 g/mol. The van der Waals surface area contributed by atoms with Crippen LogP contribution in [-0.2, 0) is 10.0 Å². The van der Waals surface area contributed by atoms with Gasteiger partial charge in [0.2, 0.25) is 11.1 Å². The Balaban J connectivity index is 2.39. The number of rotatable bonds is 5. The third kappa shape index (κ3) is 3.10. The van der Waals surface area contributed by atoms with Crippen LogP contribution in [0.5, 0.6) is 11.5 Å². The molecule has 8 heteroatoms. The molecule has 0 aliphatic carbocycles. The van der Waals surface area contributed by atoms with E-state index in [4.69, 9.17) is 14.9 Å². The second kappa shape index (κ2) is 6.32. The summed E-state index contributed by atoms with van der Waals surface area (Å²) in [6, 6.07) is 10.5. The molecule has 0 unspecified atom stereocenters. The van der Waals surface area contributed by atoms with Crippen molar-refractivity contribution < 1.29 is 17.9 Å². The molecule has 0 saturated carbocycles. The third-order valence-corrected chi connectivity index (χ3v) is 4.31. The monoisotopic (exact) mass is 320 g/mol. The normalized spacial score (nSPS) is 10.6. The minimum Gasteiger partial charge on any atom is -0.497 e. The lowest BCUT2D eigenvalue weighted by molar-refractivity contribution is 0.414. The molecule has 2 aromatic rings. The van der Waals surface area contributed by atoms with Gasteiger partial charge in [-0.15, -0.1) is 0 Å². The van der Waals surface area contributed by atoms with Crippen LogP contribution in [0.2, 0.25) is 0 Å². The quantitative estimate of drug-likeness (QED) is 0.855. The van der Waals surface area contributed by atoms with Gasteiger partial charge in [0.05, 0.1) is 19.1 Å². The van der Waals surface area contributed by atoms with E-state index in [-0.39, 0.29) is 22.0 Å². The van der Waals surface area contributed by atoms with Crippen LogP contribution in [0.15, 0.2) is 47.4 Å². The van der Waals surface area contributed by atoms with Crippen LogP contribution in [-0.4, -0.2) is 22.6 Å². The molecule has 0 heterocycles. The number of benzene rings is 2. The first-order chi connectivity index (χ1) is 10.5. The van der Waals surface area contributed by atoms with Crippen molar-refractivity contribution in [2.24, 2.45) is 0 Å². The number of sulfonamides is 1. The Morgan fingerprint density at radius 3 is 2.27 bits per heavy atom. The Morgan fingerprint density at radius 1 is 1.05 bits per heavy atom. The van der Waals surface area contributed by atoms with Crippen LogP contribution in [0.1, 0.15) is 0 Å². The Morgan fingerprint density at radius 2 is 1.73 bits per heavy atom. The molecule has 0 aliphatic rings. The summed E-state index contributed by atoms with van der Waals surface area (Å²) in [4.78, 5) is 3.13. The molecule has 0 aromatic heterocycles. The fourth-order valence-electron chi connectivity index (χ4n) is 1.83. The Hall–Kier alpha value is -2.79. The number of methoxy groups -OCH3 is 2. The van der Waals surface area contributed by atoms with E-state index in [0.717, 1.165) is 0 Å². The predicted molar refractivity (Wildman–Crippen MR) is 81.5 cm³/mol. The van der Waals surface area contributed by atoms with Crippen molar-refractivity contribution in [3.8, 4) is 11.5 Å². The summed E-state index contributed by atoms with van der Waals surface area (Å²) in [5, 5.41) is 9.06. The number of hydrogen-bond acceptors (Lipinski definition) is 5. The second-order valence-corrected chi connectivity index (χ2v) is 5.92. The molecule has 0 saturated heterocycles. The van der Waals surface area contributed by atoms with Gasteiger partial charge in [0.1, 0.15) is 11.4 Å². The first-order valence-electron chi connectivity index (χ1n) is 6.21. The summed E-state index contributed by atoms with van der Waals surface area (Å²) in [6.45, 7) is 0. The standard InChI is InChI=1S/C14H14N3O4S/c1-20-10-6-8-11(9-7-10)22(18,19)17-12-4-3-5-13(21-2)14(12)16-15/h3-9,17H,1-2H3/q+1. The zero-order valence-electron chi connectivity index (χ0n) is 12.0. The highest BCUT2D eigenvalue weighted by atomic mass is 32.2. The predicted octanol–water partition coefficient (Wildman–Crippen LogP) is 2.99. The topological polar surface area (TPSA) is 92.8 Å². The summed E-state index contributed by atoms with van der Waals surface area (Å²) < 4.78 is 37.1. The molecule has 1 N–H and O–H groups in total. The summed E-state index contributed by atoms with van der Waals surface area (Å²) in [7, 11) is -0.940. The molecule has 22 heavy (non-hydrogen) atoms. The molecule has 0 amide bonds. The fourth-order valence-corrected chi connectivity index (χ4v) is 2.90. The number of nitrogens with one attached hydrogen (secondary N) is 1. The second-order valence-electron chi connectivity index (χ2n) is 4.24. The molecule has 2 rings (SSSR count). The van der Waals surface area contributed by atoms with Crippen molar-refractivity contribution in [3.63, 3.8) is 0 Å². The maximum absolute atomic E-state index is 12.4. The van der Waals surface area contributed by atoms with Gasteiger partial charge in [0.15, 0.2) is 4.98 Å². The highest BCUT2D eigenvalue weighted by Crippen LogP contribution is 2.36. The zero-order valence-corrected chi connectivity index (χ0v) is 12.8. The Labute approximate surface area is 128 Å². The first-order valence-corrected chi connectivity index (χ1v) is 7.69. The van der Waals surface area contributed by atoms with Crippen molar-refractivity contribution in [2.45, 2.75) is 4.90 Å². The zero-order chi connectivity index (χ0) is 16.2. The third-order valence-electron chi connectivity index (χ3n) is 2.93. The Kier molecular flexibility index (Phi) is 4.48. The number of ether oxygens (including phenoxy) is 2. The molecule has 0 fully saturated rings. The van der Waals surface area contributed by atoms with E-state index in [1.165, 1.54) is 44.6 Å². The van der Waals surface area contributed by atoms with Gasteiger partial charge in [-0.2, -0.15) is 0 Å². The van der Waals surface area contributed by atoms with Crippen molar-refractivity contribution in [2.75, 3.05) is 18.9 Å². The molecular weight excluding hydrogens is 306 g/mol. The smallest absolute Gasteiger partial charge is 0.449 e. The van der Waals surface area contributed by atoms with E-state index in [0.29, 0.717) is 5.75 Å². The van der Waals surface area contributed by atoms with E-state index >= 15 is 0 Å². The van der Waals surface area contributed by atoms with Crippen molar-refractivity contribution >= 4 is 21.4 Å². The maximum Gasteiger partial charge on any atom is 0.449 e. The number of diazo groups is 1.